The first kappa shape index (κ1) is 14.0. The Bertz CT molecular complexity index is 583. The van der Waals surface area contributed by atoms with Gasteiger partial charge in [-0.05, 0) is 25.0 Å². The number of aryl methyl sites for hydroxylation is 1. The lowest BCUT2D eigenvalue weighted by molar-refractivity contribution is 0.240. The molecule has 2 N–H and O–H groups in total. The van der Waals surface area contributed by atoms with Gasteiger partial charge in [0.2, 0.25) is 0 Å². The number of amides is 2. The van der Waals surface area contributed by atoms with E-state index in [0.717, 1.165) is 0 Å². The van der Waals surface area contributed by atoms with Gasteiger partial charge in [0.1, 0.15) is 17.3 Å². The molecule has 0 saturated carbocycles. The van der Waals surface area contributed by atoms with Crippen LogP contribution in [0.2, 0.25) is 0 Å². The third-order valence-electron chi connectivity index (χ3n) is 2.74. The van der Waals surface area contributed by atoms with Crippen LogP contribution in [0, 0.1) is 12.7 Å². The second-order valence-electron chi connectivity index (χ2n) is 4.38. The highest BCUT2D eigenvalue weighted by atomic mass is 19.1. The summed E-state index contributed by atoms with van der Waals surface area (Å²) in [6.07, 6.45) is 0.448. The zero-order chi connectivity index (χ0) is 14.4. The average Bonchev–Trinajstić information content (AvgIpc) is 2.84. The molecule has 2 amide bonds. The van der Waals surface area contributed by atoms with Crippen molar-refractivity contribution in [2.24, 2.45) is 0 Å². The molecule has 1 aromatic heterocycles. The predicted octanol–water partition coefficient (Wildman–Crippen LogP) is 2.16. The molecule has 0 bridgehead atoms. The standard InChI is InChI=1S/C14H16FN3O2/c1-10-8-12(18-20-10)9-17-14(19)16-7-6-11-4-2-3-5-13(11)15/h2-5,8H,6-7,9H2,1H3,(H2,16,17,19). The van der Waals surface area contributed by atoms with Gasteiger partial charge in [0, 0.05) is 12.6 Å². The second-order valence-corrected chi connectivity index (χ2v) is 4.38. The number of carbonyl (C=O) groups excluding carboxylic acids is 1. The lowest BCUT2D eigenvalue weighted by Crippen LogP contribution is -2.36. The lowest BCUT2D eigenvalue weighted by Gasteiger charge is -2.06. The predicted molar refractivity (Wildman–Crippen MR) is 71.6 cm³/mol. The van der Waals surface area contributed by atoms with Crippen molar-refractivity contribution in [3.05, 3.63) is 53.2 Å². The van der Waals surface area contributed by atoms with Crippen LogP contribution in [0.15, 0.2) is 34.9 Å². The van der Waals surface area contributed by atoms with Crippen LogP contribution in [-0.4, -0.2) is 17.7 Å². The number of urea groups is 1. The third-order valence-corrected chi connectivity index (χ3v) is 2.74. The summed E-state index contributed by atoms with van der Waals surface area (Å²) in [5.74, 6) is 0.439. The van der Waals surface area contributed by atoms with Gasteiger partial charge >= 0.3 is 6.03 Å². The van der Waals surface area contributed by atoms with E-state index in [-0.39, 0.29) is 11.8 Å². The number of nitrogens with zero attached hydrogens (tertiary/aromatic N) is 1. The molecule has 0 saturated heterocycles. The smallest absolute Gasteiger partial charge is 0.315 e. The van der Waals surface area contributed by atoms with Crippen LogP contribution >= 0.6 is 0 Å². The van der Waals surface area contributed by atoms with Crippen LogP contribution in [0.1, 0.15) is 17.0 Å². The molecular weight excluding hydrogens is 261 g/mol. The highest BCUT2D eigenvalue weighted by molar-refractivity contribution is 5.73. The van der Waals surface area contributed by atoms with Crippen molar-refractivity contribution in [3.8, 4) is 0 Å². The Labute approximate surface area is 116 Å². The topological polar surface area (TPSA) is 67.2 Å². The highest BCUT2D eigenvalue weighted by Crippen LogP contribution is 2.06. The Morgan fingerprint density at radius 1 is 1.35 bits per heavy atom. The van der Waals surface area contributed by atoms with Crippen molar-refractivity contribution >= 4 is 6.03 Å². The number of aromatic nitrogens is 1. The molecule has 1 aromatic carbocycles. The summed E-state index contributed by atoms with van der Waals surface area (Å²) in [6, 6.07) is 7.95. The summed E-state index contributed by atoms with van der Waals surface area (Å²) in [5.41, 5.74) is 1.24. The van der Waals surface area contributed by atoms with Crippen LogP contribution in [0.4, 0.5) is 9.18 Å². The lowest BCUT2D eigenvalue weighted by atomic mass is 10.1. The monoisotopic (exact) mass is 277 g/mol. The molecule has 2 aromatic rings. The maximum atomic E-state index is 13.3. The fourth-order valence-corrected chi connectivity index (χ4v) is 1.75. The summed E-state index contributed by atoms with van der Waals surface area (Å²) >= 11 is 0. The van der Waals surface area contributed by atoms with Crippen LogP contribution in [0.25, 0.3) is 0 Å². The van der Waals surface area contributed by atoms with Gasteiger partial charge in [0.15, 0.2) is 0 Å². The van der Waals surface area contributed by atoms with Gasteiger partial charge in [0.25, 0.3) is 0 Å². The fourth-order valence-electron chi connectivity index (χ4n) is 1.75. The van der Waals surface area contributed by atoms with E-state index in [1.165, 1.54) is 6.07 Å². The number of hydrogen-bond donors (Lipinski definition) is 2. The Morgan fingerprint density at radius 3 is 2.85 bits per heavy atom. The van der Waals surface area contributed by atoms with Crippen molar-refractivity contribution in [1.82, 2.24) is 15.8 Å². The Kier molecular flexibility index (Phi) is 4.70. The van der Waals surface area contributed by atoms with Crippen LogP contribution in [0.3, 0.4) is 0 Å². The van der Waals surface area contributed by atoms with Crippen molar-refractivity contribution in [2.75, 3.05) is 6.54 Å². The molecule has 0 atom stereocenters. The fraction of sp³-hybridized carbons (Fsp3) is 0.286. The molecular formula is C14H16FN3O2. The molecule has 0 radical (unpaired) electrons. The minimum Gasteiger partial charge on any atom is -0.361 e. The first-order valence-corrected chi connectivity index (χ1v) is 6.32. The molecule has 0 aliphatic rings. The van der Waals surface area contributed by atoms with Crippen molar-refractivity contribution in [2.45, 2.75) is 19.9 Å². The van der Waals surface area contributed by atoms with E-state index in [1.54, 1.807) is 31.2 Å². The van der Waals surface area contributed by atoms with Crippen LogP contribution < -0.4 is 10.6 Å². The van der Waals surface area contributed by atoms with E-state index >= 15 is 0 Å². The summed E-state index contributed by atoms with van der Waals surface area (Å²) in [4.78, 5) is 11.5. The van der Waals surface area contributed by atoms with E-state index in [1.807, 2.05) is 0 Å². The molecule has 0 aliphatic heterocycles. The van der Waals surface area contributed by atoms with E-state index in [0.29, 0.717) is 36.5 Å². The van der Waals surface area contributed by atoms with Crippen molar-refractivity contribution in [3.63, 3.8) is 0 Å². The average molecular weight is 277 g/mol. The van der Waals surface area contributed by atoms with Gasteiger partial charge in [-0.3, -0.25) is 0 Å². The molecule has 5 nitrogen and oxygen atoms in total. The number of halogens is 1. The highest BCUT2D eigenvalue weighted by Gasteiger charge is 2.05. The minimum atomic E-state index is -0.318. The Morgan fingerprint density at radius 2 is 2.15 bits per heavy atom. The number of nitrogens with one attached hydrogen (secondary N) is 2. The van der Waals surface area contributed by atoms with Crippen LogP contribution in [0.5, 0.6) is 0 Å². The number of benzene rings is 1. The van der Waals surface area contributed by atoms with Gasteiger partial charge < -0.3 is 15.2 Å². The second kappa shape index (κ2) is 6.70. The van der Waals surface area contributed by atoms with E-state index in [4.69, 9.17) is 4.52 Å². The molecule has 6 heteroatoms. The third kappa shape index (κ3) is 4.08. The Hall–Kier alpha value is -2.37. The van der Waals surface area contributed by atoms with Gasteiger partial charge in [-0.2, -0.15) is 0 Å². The summed E-state index contributed by atoms with van der Waals surface area (Å²) in [5, 5.41) is 9.07. The Balaban J connectivity index is 1.69. The molecule has 0 aliphatic carbocycles. The molecule has 0 spiro atoms. The first-order chi connectivity index (χ1) is 9.65. The summed E-state index contributed by atoms with van der Waals surface area (Å²) in [7, 11) is 0. The van der Waals surface area contributed by atoms with Crippen molar-refractivity contribution < 1.29 is 13.7 Å². The summed E-state index contributed by atoms with van der Waals surface area (Å²) in [6.45, 7) is 2.44. The van der Waals surface area contributed by atoms with E-state index in [9.17, 15) is 9.18 Å². The first-order valence-electron chi connectivity index (χ1n) is 6.32. The molecule has 0 fully saturated rings. The quantitative estimate of drug-likeness (QED) is 0.880. The minimum absolute atomic E-state index is 0.257. The van der Waals surface area contributed by atoms with E-state index < -0.39 is 0 Å². The molecule has 20 heavy (non-hydrogen) atoms. The van der Waals surface area contributed by atoms with Crippen molar-refractivity contribution in [1.29, 1.82) is 0 Å². The van der Waals surface area contributed by atoms with Gasteiger partial charge in [-0.15, -0.1) is 0 Å². The zero-order valence-corrected chi connectivity index (χ0v) is 11.1. The van der Waals surface area contributed by atoms with Gasteiger partial charge in [-0.1, -0.05) is 23.4 Å². The normalized spacial score (nSPS) is 10.3. The molecule has 1 heterocycles. The molecule has 2 rings (SSSR count). The number of hydrogen-bond acceptors (Lipinski definition) is 3. The van der Waals surface area contributed by atoms with E-state index in [2.05, 4.69) is 15.8 Å². The number of rotatable bonds is 5. The zero-order valence-electron chi connectivity index (χ0n) is 11.1. The summed E-state index contributed by atoms with van der Waals surface area (Å²) < 4.78 is 18.2. The largest absolute Gasteiger partial charge is 0.361 e. The van der Waals surface area contributed by atoms with Gasteiger partial charge in [0.05, 0.1) is 6.54 Å². The number of carbonyl (C=O) groups is 1. The molecule has 106 valence electrons. The van der Waals surface area contributed by atoms with Crippen LogP contribution in [-0.2, 0) is 13.0 Å². The maximum absolute atomic E-state index is 13.3. The SMILES string of the molecule is Cc1cc(CNC(=O)NCCc2ccccc2F)no1. The maximum Gasteiger partial charge on any atom is 0.315 e. The molecule has 0 unspecified atom stereocenters. The van der Waals surface area contributed by atoms with Gasteiger partial charge in [-0.25, -0.2) is 9.18 Å².